The molecule has 1 aromatic heterocycles. The number of likely N-dealkylation sites (tertiary alicyclic amines) is 1. The van der Waals surface area contributed by atoms with Crippen LogP contribution < -0.4 is 4.74 Å². The number of carbonyl (C=O) groups is 1. The maximum absolute atomic E-state index is 12.2. The topological polar surface area (TPSA) is 55.3 Å². The van der Waals surface area contributed by atoms with E-state index in [4.69, 9.17) is 4.74 Å². The highest BCUT2D eigenvalue weighted by molar-refractivity contribution is 5.76. The summed E-state index contributed by atoms with van der Waals surface area (Å²) in [5, 5.41) is 0. The Kier molecular flexibility index (Phi) is 4.08. The number of rotatable bonds is 4. The molecule has 1 saturated carbocycles. The third-order valence-corrected chi connectivity index (χ3v) is 4.12. The quantitative estimate of drug-likeness (QED) is 0.853. The van der Waals surface area contributed by atoms with Crippen molar-refractivity contribution in [3.05, 3.63) is 17.5 Å². The first kappa shape index (κ1) is 14.3. The predicted octanol–water partition coefficient (Wildman–Crippen LogP) is 2.26. The highest BCUT2D eigenvalue weighted by atomic mass is 16.5. The molecule has 2 heterocycles. The molecule has 0 aromatic carbocycles. The van der Waals surface area contributed by atoms with E-state index in [1.165, 1.54) is 12.8 Å². The van der Waals surface area contributed by atoms with Crippen LogP contribution in [0.15, 0.2) is 6.07 Å². The Bertz CT molecular complexity index is 508. The lowest BCUT2D eigenvalue weighted by Crippen LogP contribution is -2.44. The van der Waals surface area contributed by atoms with Gasteiger partial charge in [-0.05, 0) is 51.5 Å². The molecular formula is C16H23N3O2. The Morgan fingerprint density at radius 2 is 2.00 bits per heavy atom. The average Bonchev–Trinajstić information content (AvgIpc) is 3.21. The van der Waals surface area contributed by atoms with Crippen molar-refractivity contribution in [1.82, 2.24) is 14.9 Å². The van der Waals surface area contributed by atoms with Gasteiger partial charge >= 0.3 is 6.01 Å². The maximum Gasteiger partial charge on any atom is 0.317 e. The molecule has 3 rings (SSSR count). The first-order chi connectivity index (χ1) is 10.1. The van der Waals surface area contributed by atoms with E-state index in [2.05, 4.69) is 9.97 Å². The molecule has 0 unspecified atom stereocenters. The smallest absolute Gasteiger partial charge is 0.317 e. The minimum Gasteiger partial charge on any atom is -0.458 e. The maximum atomic E-state index is 12.2. The fraction of sp³-hybridized carbons (Fsp3) is 0.688. The van der Waals surface area contributed by atoms with Gasteiger partial charge in [0.25, 0.3) is 0 Å². The van der Waals surface area contributed by atoms with Gasteiger partial charge < -0.3 is 9.64 Å². The van der Waals surface area contributed by atoms with Crippen LogP contribution in [0.2, 0.25) is 0 Å². The largest absolute Gasteiger partial charge is 0.458 e. The molecule has 1 aliphatic carbocycles. The minimum absolute atomic E-state index is 0.0168. The van der Waals surface area contributed by atoms with Crippen LogP contribution in [0.4, 0.5) is 0 Å². The lowest BCUT2D eigenvalue weighted by atomic mass is 10.1. The first-order valence-corrected chi connectivity index (χ1v) is 7.87. The lowest BCUT2D eigenvalue weighted by molar-refractivity contribution is -0.134. The Morgan fingerprint density at radius 3 is 2.67 bits per heavy atom. The van der Waals surface area contributed by atoms with Gasteiger partial charge in [-0.1, -0.05) is 0 Å². The van der Waals surface area contributed by atoms with Crippen LogP contribution in [0.3, 0.4) is 0 Å². The van der Waals surface area contributed by atoms with Crippen molar-refractivity contribution in [2.75, 3.05) is 13.1 Å². The SMILES string of the molecule is Cc1cc(C)nc(O[C@@H]2CCCN(C(=O)CC3CC3)C2)n1. The second-order valence-corrected chi connectivity index (χ2v) is 6.30. The second-order valence-electron chi connectivity index (χ2n) is 6.30. The monoisotopic (exact) mass is 289 g/mol. The van der Waals surface area contributed by atoms with Gasteiger partial charge in [0, 0.05) is 24.4 Å². The van der Waals surface area contributed by atoms with E-state index in [9.17, 15) is 4.79 Å². The number of carbonyl (C=O) groups excluding carboxylic acids is 1. The molecule has 21 heavy (non-hydrogen) atoms. The van der Waals surface area contributed by atoms with Crippen molar-refractivity contribution in [3.8, 4) is 6.01 Å². The van der Waals surface area contributed by atoms with Gasteiger partial charge in [-0.25, -0.2) is 9.97 Å². The molecule has 5 heteroatoms. The summed E-state index contributed by atoms with van der Waals surface area (Å²) < 4.78 is 5.90. The summed E-state index contributed by atoms with van der Waals surface area (Å²) in [5.41, 5.74) is 1.82. The van der Waals surface area contributed by atoms with E-state index in [0.717, 1.165) is 30.8 Å². The number of hydrogen-bond donors (Lipinski definition) is 0. The third kappa shape index (κ3) is 3.93. The summed E-state index contributed by atoms with van der Waals surface area (Å²) in [7, 11) is 0. The second kappa shape index (κ2) is 6.00. The normalized spacial score (nSPS) is 22.2. The molecule has 1 aliphatic heterocycles. The van der Waals surface area contributed by atoms with Crippen LogP contribution in [0.25, 0.3) is 0 Å². The minimum atomic E-state index is 0.0168. The van der Waals surface area contributed by atoms with Gasteiger partial charge in [-0.3, -0.25) is 4.79 Å². The molecule has 1 aromatic rings. The summed E-state index contributed by atoms with van der Waals surface area (Å²) in [6, 6.07) is 2.37. The summed E-state index contributed by atoms with van der Waals surface area (Å²) in [5.74, 6) is 0.925. The number of aryl methyl sites for hydroxylation is 2. The fourth-order valence-electron chi connectivity index (χ4n) is 2.85. The van der Waals surface area contributed by atoms with Crippen LogP contribution in [-0.2, 0) is 4.79 Å². The van der Waals surface area contributed by atoms with E-state index in [-0.39, 0.29) is 12.0 Å². The van der Waals surface area contributed by atoms with Crippen molar-refractivity contribution in [1.29, 1.82) is 0 Å². The van der Waals surface area contributed by atoms with Gasteiger partial charge in [0.15, 0.2) is 0 Å². The number of piperidine rings is 1. The van der Waals surface area contributed by atoms with E-state index in [1.807, 2.05) is 24.8 Å². The van der Waals surface area contributed by atoms with Crippen LogP contribution in [0.1, 0.15) is 43.5 Å². The van der Waals surface area contributed by atoms with Crippen LogP contribution in [0, 0.1) is 19.8 Å². The highest BCUT2D eigenvalue weighted by Gasteiger charge is 2.30. The molecule has 1 atom stereocenters. The predicted molar refractivity (Wildman–Crippen MR) is 79.1 cm³/mol. The Hall–Kier alpha value is -1.65. The van der Waals surface area contributed by atoms with E-state index in [1.54, 1.807) is 0 Å². The van der Waals surface area contributed by atoms with E-state index < -0.39 is 0 Å². The van der Waals surface area contributed by atoms with E-state index in [0.29, 0.717) is 24.9 Å². The summed E-state index contributed by atoms with van der Waals surface area (Å²) in [4.78, 5) is 22.8. The van der Waals surface area contributed by atoms with Crippen molar-refractivity contribution >= 4 is 5.91 Å². The van der Waals surface area contributed by atoms with Crippen LogP contribution in [0.5, 0.6) is 6.01 Å². The van der Waals surface area contributed by atoms with Gasteiger partial charge in [-0.15, -0.1) is 0 Å². The van der Waals surface area contributed by atoms with Crippen LogP contribution >= 0.6 is 0 Å². The molecule has 5 nitrogen and oxygen atoms in total. The molecule has 0 N–H and O–H groups in total. The summed E-state index contributed by atoms with van der Waals surface area (Å²) >= 11 is 0. The molecule has 1 saturated heterocycles. The molecule has 2 fully saturated rings. The number of hydrogen-bond acceptors (Lipinski definition) is 4. The van der Waals surface area contributed by atoms with Gasteiger partial charge in [-0.2, -0.15) is 0 Å². The van der Waals surface area contributed by atoms with Gasteiger partial charge in [0.05, 0.1) is 6.54 Å². The average molecular weight is 289 g/mol. The van der Waals surface area contributed by atoms with Crippen molar-refractivity contribution < 1.29 is 9.53 Å². The summed E-state index contributed by atoms with van der Waals surface area (Å²) in [6.45, 7) is 5.41. The molecule has 0 spiro atoms. The standard InChI is InChI=1S/C16H23N3O2/c1-11-8-12(2)18-16(17-11)21-14-4-3-7-19(10-14)15(20)9-13-5-6-13/h8,13-14H,3-7,9-10H2,1-2H3/t14-/m1/s1. The fourth-order valence-corrected chi connectivity index (χ4v) is 2.85. The zero-order chi connectivity index (χ0) is 14.8. The number of amides is 1. The number of nitrogens with zero attached hydrogens (tertiary/aromatic N) is 3. The molecular weight excluding hydrogens is 266 g/mol. The van der Waals surface area contributed by atoms with Crippen molar-refractivity contribution in [2.24, 2.45) is 5.92 Å². The Balaban J connectivity index is 1.58. The Labute approximate surface area is 125 Å². The molecule has 2 aliphatic rings. The zero-order valence-corrected chi connectivity index (χ0v) is 12.8. The lowest BCUT2D eigenvalue weighted by Gasteiger charge is -2.32. The first-order valence-electron chi connectivity index (χ1n) is 7.87. The van der Waals surface area contributed by atoms with E-state index >= 15 is 0 Å². The number of ether oxygens (including phenoxy) is 1. The third-order valence-electron chi connectivity index (χ3n) is 4.12. The van der Waals surface area contributed by atoms with Gasteiger partial charge in [0.1, 0.15) is 6.10 Å². The van der Waals surface area contributed by atoms with Crippen LogP contribution in [-0.4, -0.2) is 40.0 Å². The molecule has 1 amide bonds. The Morgan fingerprint density at radius 1 is 1.29 bits per heavy atom. The molecule has 0 radical (unpaired) electrons. The number of aromatic nitrogens is 2. The van der Waals surface area contributed by atoms with Gasteiger partial charge in [0.2, 0.25) is 5.91 Å². The summed E-state index contributed by atoms with van der Waals surface area (Å²) in [6.07, 6.45) is 5.12. The zero-order valence-electron chi connectivity index (χ0n) is 12.8. The molecule has 0 bridgehead atoms. The molecule has 114 valence electrons. The van der Waals surface area contributed by atoms with Crippen molar-refractivity contribution in [2.45, 2.75) is 52.1 Å². The van der Waals surface area contributed by atoms with Crippen molar-refractivity contribution in [3.63, 3.8) is 0 Å². The highest BCUT2D eigenvalue weighted by Crippen LogP contribution is 2.33.